The predicted octanol–water partition coefficient (Wildman–Crippen LogP) is 3.22. The lowest BCUT2D eigenvalue weighted by Crippen LogP contribution is -2.28. The van der Waals surface area contributed by atoms with E-state index in [1.54, 1.807) is 0 Å². The van der Waals surface area contributed by atoms with Crippen LogP contribution in [-0.2, 0) is 17.9 Å². The Bertz CT molecular complexity index is 646. The van der Waals surface area contributed by atoms with Gasteiger partial charge in [-0.15, -0.1) is 0 Å². The first kappa shape index (κ1) is 14.8. The number of carbonyl (C=O) groups is 1. The summed E-state index contributed by atoms with van der Waals surface area (Å²) >= 11 is 3.39. The highest BCUT2D eigenvalue weighted by Crippen LogP contribution is 2.19. The number of allylic oxidation sites excluding steroid dienone is 1. The van der Waals surface area contributed by atoms with Gasteiger partial charge in [0.1, 0.15) is 5.82 Å². The van der Waals surface area contributed by atoms with E-state index in [1.807, 2.05) is 38.1 Å². The second kappa shape index (κ2) is 6.22. The number of hydrogen-bond acceptors (Lipinski definition) is 2. The summed E-state index contributed by atoms with van der Waals surface area (Å²) in [5.74, 6) is 0.834. The van der Waals surface area contributed by atoms with Crippen molar-refractivity contribution in [2.45, 2.75) is 26.9 Å². The molecular weight excluding hydrogens is 318 g/mol. The monoisotopic (exact) mass is 335 g/mol. The second-order valence-electron chi connectivity index (χ2n) is 4.99. The Morgan fingerprint density at radius 2 is 2.15 bits per heavy atom. The van der Waals surface area contributed by atoms with E-state index < -0.39 is 0 Å². The van der Waals surface area contributed by atoms with Gasteiger partial charge in [-0.2, -0.15) is 0 Å². The minimum atomic E-state index is -0.0287. The number of nitrogens with one attached hydrogen (secondary N) is 1. The molecular formula is C15H18BrN3O. The minimum Gasteiger partial charge on any atom is -0.349 e. The fourth-order valence-corrected chi connectivity index (χ4v) is 2.23. The first-order valence-electron chi connectivity index (χ1n) is 6.54. The minimum absolute atomic E-state index is 0.0287. The van der Waals surface area contributed by atoms with Crippen LogP contribution in [0.1, 0.15) is 19.7 Å². The van der Waals surface area contributed by atoms with Crippen molar-refractivity contribution in [2.24, 2.45) is 5.92 Å². The summed E-state index contributed by atoms with van der Waals surface area (Å²) in [7, 11) is 0. The average Bonchev–Trinajstić information content (AvgIpc) is 2.73. The standard InChI is InChI=1S/C15H18BrN3O/c1-10(2)15(20)17-8-14-18-12-6-4-5-7-13(12)19(14)9-11(3)16/h4-7,10H,3,8-9H2,1-2H3,(H,17,20). The number of halogens is 1. The normalized spacial score (nSPS) is 11.0. The molecule has 0 aliphatic carbocycles. The molecule has 2 rings (SSSR count). The van der Waals surface area contributed by atoms with Gasteiger partial charge < -0.3 is 9.88 Å². The van der Waals surface area contributed by atoms with Gasteiger partial charge in [-0.05, 0) is 12.1 Å². The van der Waals surface area contributed by atoms with E-state index in [2.05, 4.69) is 37.4 Å². The molecule has 1 aromatic heterocycles. The number of para-hydroxylation sites is 2. The molecule has 2 aromatic rings. The van der Waals surface area contributed by atoms with Crippen LogP contribution in [-0.4, -0.2) is 15.5 Å². The molecule has 20 heavy (non-hydrogen) atoms. The van der Waals surface area contributed by atoms with Gasteiger partial charge >= 0.3 is 0 Å². The van der Waals surface area contributed by atoms with Crippen molar-refractivity contribution < 1.29 is 4.79 Å². The van der Waals surface area contributed by atoms with Gasteiger partial charge in [0.25, 0.3) is 0 Å². The number of carbonyl (C=O) groups excluding carboxylic acids is 1. The zero-order valence-electron chi connectivity index (χ0n) is 11.7. The Labute approximate surface area is 127 Å². The van der Waals surface area contributed by atoms with E-state index in [0.717, 1.165) is 21.3 Å². The maximum Gasteiger partial charge on any atom is 0.222 e. The number of rotatable bonds is 5. The number of nitrogens with zero attached hydrogens (tertiary/aromatic N) is 2. The van der Waals surface area contributed by atoms with Crippen molar-refractivity contribution in [1.82, 2.24) is 14.9 Å². The van der Waals surface area contributed by atoms with Crippen LogP contribution in [0.4, 0.5) is 0 Å². The van der Waals surface area contributed by atoms with E-state index in [0.29, 0.717) is 13.1 Å². The molecule has 1 aromatic carbocycles. The molecule has 1 N–H and O–H groups in total. The molecule has 106 valence electrons. The molecule has 0 atom stereocenters. The number of amides is 1. The van der Waals surface area contributed by atoms with E-state index in [-0.39, 0.29) is 11.8 Å². The third-order valence-electron chi connectivity index (χ3n) is 3.01. The highest BCUT2D eigenvalue weighted by Gasteiger charge is 2.13. The van der Waals surface area contributed by atoms with Crippen molar-refractivity contribution in [1.29, 1.82) is 0 Å². The molecule has 1 amide bonds. The van der Waals surface area contributed by atoms with Crippen LogP contribution < -0.4 is 5.32 Å². The molecule has 0 radical (unpaired) electrons. The van der Waals surface area contributed by atoms with Crippen molar-refractivity contribution in [3.05, 3.63) is 41.2 Å². The van der Waals surface area contributed by atoms with Gasteiger partial charge in [0.05, 0.1) is 24.1 Å². The zero-order chi connectivity index (χ0) is 14.7. The highest BCUT2D eigenvalue weighted by atomic mass is 79.9. The van der Waals surface area contributed by atoms with Crippen LogP contribution in [0.25, 0.3) is 11.0 Å². The topological polar surface area (TPSA) is 46.9 Å². The summed E-state index contributed by atoms with van der Waals surface area (Å²) < 4.78 is 2.93. The molecule has 0 unspecified atom stereocenters. The Balaban J connectivity index is 2.31. The smallest absolute Gasteiger partial charge is 0.222 e. The van der Waals surface area contributed by atoms with Gasteiger partial charge in [-0.3, -0.25) is 4.79 Å². The largest absolute Gasteiger partial charge is 0.349 e. The highest BCUT2D eigenvalue weighted by molar-refractivity contribution is 9.11. The van der Waals surface area contributed by atoms with Gasteiger partial charge in [0.2, 0.25) is 5.91 Å². The number of hydrogen-bond donors (Lipinski definition) is 1. The van der Waals surface area contributed by atoms with Crippen molar-refractivity contribution in [3.8, 4) is 0 Å². The molecule has 0 saturated heterocycles. The Morgan fingerprint density at radius 3 is 2.80 bits per heavy atom. The Morgan fingerprint density at radius 1 is 1.45 bits per heavy atom. The van der Waals surface area contributed by atoms with E-state index >= 15 is 0 Å². The fraction of sp³-hybridized carbons (Fsp3) is 0.333. The summed E-state index contributed by atoms with van der Waals surface area (Å²) in [6.45, 7) is 8.68. The first-order valence-corrected chi connectivity index (χ1v) is 7.33. The SMILES string of the molecule is C=C(Br)Cn1c(CNC(=O)C(C)C)nc2ccccc21. The van der Waals surface area contributed by atoms with Crippen LogP contribution in [0.3, 0.4) is 0 Å². The molecule has 0 aliphatic rings. The van der Waals surface area contributed by atoms with Crippen LogP contribution in [0.15, 0.2) is 35.3 Å². The quantitative estimate of drug-likeness (QED) is 0.911. The molecule has 0 aliphatic heterocycles. The van der Waals surface area contributed by atoms with Crippen LogP contribution in [0.5, 0.6) is 0 Å². The van der Waals surface area contributed by atoms with E-state index in [9.17, 15) is 4.79 Å². The zero-order valence-corrected chi connectivity index (χ0v) is 13.3. The van der Waals surface area contributed by atoms with Gasteiger partial charge in [-0.1, -0.05) is 48.5 Å². The van der Waals surface area contributed by atoms with Crippen LogP contribution in [0.2, 0.25) is 0 Å². The maximum atomic E-state index is 11.7. The average molecular weight is 336 g/mol. The number of fused-ring (bicyclic) bond motifs is 1. The molecule has 0 spiro atoms. The summed E-state index contributed by atoms with van der Waals surface area (Å²) in [5.41, 5.74) is 1.97. The Hall–Kier alpha value is -1.62. The second-order valence-corrected chi connectivity index (χ2v) is 6.11. The predicted molar refractivity (Wildman–Crippen MR) is 84.5 cm³/mol. The molecule has 0 fully saturated rings. The number of benzene rings is 1. The van der Waals surface area contributed by atoms with Crippen LogP contribution >= 0.6 is 15.9 Å². The van der Waals surface area contributed by atoms with Crippen molar-refractivity contribution in [2.75, 3.05) is 0 Å². The Kier molecular flexibility index (Phi) is 4.60. The molecule has 0 bridgehead atoms. The summed E-state index contributed by atoms with van der Waals surface area (Å²) in [5, 5.41) is 2.91. The number of aromatic nitrogens is 2. The lowest BCUT2D eigenvalue weighted by molar-refractivity contribution is -0.124. The lowest BCUT2D eigenvalue weighted by atomic mass is 10.2. The van der Waals surface area contributed by atoms with E-state index in [4.69, 9.17) is 0 Å². The third kappa shape index (κ3) is 3.28. The van der Waals surface area contributed by atoms with Crippen LogP contribution in [0, 0.1) is 5.92 Å². The molecule has 5 heteroatoms. The molecule has 0 saturated carbocycles. The van der Waals surface area contributed by atoms with Gasteiger partial charge in [-0.25, -0.2) is 4.98 Å². The first-order chi connectivity index (χ1) is 9.49. The third-order valence-corrected chi connectivity index (χ3v) is 3.26. The molecule has 4 nitrogen and oxygen atoms in total. The summed E-state index contributed by atoms with van der Waals surface area (Å²) in [6, 6.07) is 7.93. The molecule has 1 heterocycles. The van der Waals surface area contributed by atoms with Crippen molar-refractivity contribution in [3.63, 3.8) is 0 Å². The lowest BCUT2D eigenvalue weighted by Gasteiger charge is -2.10. The summed E-state index contributed by atoms with van der Waals surface area (Å²) in [6.07, 6.45) is 0. The number of imidazole rings is 1. The van der Waals surface area contributed by atoms with Crippen molar-refractivity contribution >= 4 is 32.9 Å². The fourth-order valence-electron chi connectivity index (χ4n) is 1.98. The summed E-state index contributed by atoms with van der Waals surface area (Å²) in [4.78, 5) is 16.3. The van der Waals surface area contributed by atoms with Gasteiger partial charge in [0, 0.05) is 10.4 Å². The van der Waals surface area contributed by atoms with E-state index in [1.165, 1.54) is 0 Å². The maximum absolute atomic E-state index is 11.7. The van der Waals surface area contributed by atoms with Gasteiger partial charge in [0.15, 0.2) is 0 Å².